The molecule has 2 aromatic rings. The fourth-order valence-electron chi connectivity index (χ4n) is 3.72. The maximum atomic E-state index is 12.8. The van der Waals surface area contributed by atoms with E-state index in [1.165, 1.54) is 17.3 Å². The second kappa shape index (κ2) is 9.53. The van der Waals surface area contributed by atoms with Crippen molar-refractivity contribution in [2.45, 2.75) is 33.4 Å². The summed E-state index contributed by atoms with van der Waals surface area (Å²) in [5.41, 5.74) is 4.37. The zero-order chi connectivity index (χ0) is 22.7. The Bertz CT molecular complexity index is 1110. The van der Waals surface area contributed by atoms with E-state index in [0.29, 0.717) is 36.0 Å². The van der Waals surface area contributed by atoms with Gasteiger partial charge in [0.1, 0.15) is 6.61 Å². The highest BCUT2D eigenvalue weighted by atomic mass is 32.2. The molecule has 2 aliphatic rings. The van der Waals surface area contributed by atoms with Gasteiger partial charge in [0.2, 0.25) is 0 Å². The number of fused-ring (bicyclic) bond motifs is 1. The lowest BCUT2D eigenvalue weighted by Crippen LogP contribution is -2.34. The molecule has 0 unspecified atom stereocenters. The fraction of sp³-hybridized carbons (Fsp3) is 0.280. The molecule has 4 rings (SSSR count). The highest BCUT2D eigenvalue weighted by Gasteiger charge is 2.37. The van der Waals surface area contributed by atoms with Gasteiger partial charge in [0.25, 0.3) is 0 Å². The van der Waals surface area contributed by atoms with Crippen molar-refractivity contribution >= 4 is 22.9 Å². The van der Waals surface area contributed by atoms with Crippen LogP contribution in [0.2, 0.25) is 0 Å². The third-order valence-corrected chi connectivity index (χ3v) is 6.10. The van der Waals surface area contributed by atoms with E-state index >= 15 is 0 Å². The molecule has 0 saturated carbocycles. The van der Waals surface area contributed by atoms with Crippen LogP contribution >= 0.6 is 11.8 Å². The number of allylic oxidation sites excluding steroid dienone is 1. The Morgan fingerprint density at radius 1 is 1.12 bits per heavy atom. The van der Waals surface area contributed by atoms with Gasteiger partial charge in [-0.25, -0.2) is 9.79 Å². The number of hydrogen-bond donors (Lipinski definition) is 0. The van der Waals surface area contributed by atoms with Crippen LogP contribution in [0.5, 0.6) is 11.5 Å². The predicted octanol–water partition coefficient (Wildman–Crippen LogP) is 5.35. The summed E-state index contributed by atoms with van der Waals surface area (Å²) in [6.45, 7) is 6.45. The summed E-state index contributed by atoms with van der Waals surface area (Å²) in [5.74, 6) is 0.892. The van der Waals surface area contributed by atoms with E-state index in [0.717, 1.165) is 16.3 Å². The molecule has 2 aromatic carbocycles. The molecule has 0 aliphatic carbocycles. The monoisotopic (exact) mass is 450 g/mol. The largest absolute Gasteiger partial charge is 0.493 e. The lowest BCUT2D eigenvalue weighted by Gasteiger charge is -2.33. The molecule has 166 valence electrons. The average Bonchev–Trinajstić information content (AvgIpc) is 3.25. The van der Waals surface area contributed by atoms with Gasteiger partial charge in [-0.3, -0.25) is 0 Å². The van der Waals surface area contributed by atoms with E-state index in [9.17, 15) is 4.79 Å². The smallest absolute Gasteiger partial charge is 0.338 e. The van der Waals surface area contributed by atoms with Gasteiger partial charge in [-0.15, -0.1) is 0 Å². The zero-order valence-corrected chi connectivity index (χ0v) is 19.4. The lowest BCUT2D eigenvalue weighted by atomic mass is 9.94. The number of aryl methyl sites for hydroxylation is 1. The molecule has 6 nitrogen and oxygen atoms in total. The molecular formula is C25H26N2O4S. The second-order valence-electron chi connectivity index (χ2n) is 7.51. The van der Waals surface area contributed by atoms with E-state index < -0.39 is 0 Å². The molecule has 0 fully saturated rings. The van der Waals surface area contributed by atoms with Gasteiger partial charge in [-0.2, -0.15) is 0 Å². The number of esters is 1. The fourth-order valence-corrected chi connectivity index (χ4v) is 4.51. The van der Waals surface area contributed by atoms with E-state index in [1.807, 2.05) is 41.6 Å². The summed E-state index contributed by atoms with van der Waals surface area (Å²) in [6, 6.07) is 13.6. The summed E-state index contributed by atoms with van der Waals surface area (Å²) >= 11 is 1.53. The normalized spacial score (nSPS) is 17.2. The van der Waals surface area contributed by atoms with Gasteiger partial charge < -0.3 is 19.1 Å². The molecule has 0 spiro atoms. The van der Waals surface area contributed by atoms with Crippen molar-refractivity contribution in [3.05, 3.63) is 82.0 Å². The van der Waals surface area contributed by atoms with Crippen LogP contribution in [0, 0.1) is 6.92 Å². The van der Waals surface area contributed by atoms with Crippen LogP contribution in [-0.2, 0) is 16.1 Å². The number of aliphatic imine (C=N–C) groups is 1. The van der Waals surface area contributed by atoms with Gasteiger partial charge in [-0.1, -0.05) is 47.7 Å². The Labute approximate surface area is 192 Å². The SMILES string of the molecule is CCOC(=O)C1=C(C)N=C2SC=CN2[C@@H]1c1ccc(OCc2ccc(C)cc2)c(OC)c1. The van der Waals surface area contributed by atoms with Crippen molar-refractivity contribution in [2.75, 3.05) is 13.7 Å². The van der Waals surface area contributed by atoms with Crippen LogP contribution in [-0.4, -0.2) is 29.8 Å². The predicted molar refractivity (Wildman–Crippen MR) is 127 cm³/mol. The molecule has 2 heterocycles. The van der Waals surface area contributed by atoms with Crippen molar-refractivity contribution in [2.24, 2.45) is 4.99 Å². The topological polar surface area (TPSA) is 60.4 Å². The highest BCUT2D eigenvalue weighted by Crippen LogP contribution is 2.43. The number of amidine groups is 1. The van der Waals surface area contributed by atoms with Crippen LogP contribution in [0.4, 0.5) is 0 Å². The standard InChI is InChI=1S/C25H26N2O4S/c1-5-30-24(28)22-17(3)26-25-27(12-13-32-25)23(22)19-10-11-20(21(14-19)29-4)31-15-18-8-6-16(2)7-9-18/h6-14,23H,5,15H2,1-4H3/t23-/m1/s1. The van der Waals surface area contributed by atoms with Gasteiger partial charge in [0, 0.05) is 6.20 Å². The molecule has 1 atom stereocenters. The second-order valence-corrected chi connectivity index (χ2v) is 8.38. The first-order chi connectivity index (χ1) is 15.5. The molecular weight excluding hydrogens is 424 g/mol. The number of benzene rings is 2. The number of carbonyl (C=O) groups is 1. The van der Waals surface area contributed by atoms with Gasteiger partial charge in [0.15, 0.2) is 16.7 Å². The molecule has 0 N–H and O–H groups in total. The molecule has 7 heteroatoms. The average molecular weight is 451 g/mol. The van der Waals surface area contributed by atoms with Gasteiger partial charge >= 0.3 is 5.97 Å². The summed E-state index contributed by atoms with van der Waals surface area (Å²) in [4.78, 5) is 19.4. The number of nitrogens with zero attached hydrogens (tertiary/aromatic N) is 2. The quantitative estimate of drug-likeness (QED) is 0.530. The molecule has 32 heavy (non-hydrogen) atoms. The van der Waals surface area contributed by atoms with Crippen LogP contribution in [0.15, 0.2) is 70.3 Å². The number of rotatable bonds is 7. The van der Waals surface area contributed by atoms with Crippen LogP contribution < -0.4 is 9.47 Å². The molecule has 0 saturated heterocycles. The maximum absolute atomic E-state index is 12.8. The van der Waals surface area contributed by atoms with Crippen molar-refractivity contribution in [1.29, 1.82) is 0 Å². The molecule has 0 aromatic heterocycles. The van der Waals surface area contributed by atoms with E-state index in [2.05, 4.69) is 36.2 Å². The number of hydrogen-bond acceptors (Lipinski definition) is 7. The van der Waals surface area contributed by atoms with Crippen LogP contribution in [0.1, 0.15) is 36.6 Å². The summed E-state index contributed by atoms with van der Waals surface area (Å²) in [5, 5.41) is 2.79. The molecule has 0 radical (unpaired) electrons. The van der Waals surface area contributed by atoms with Gasteiger partial charge in [0.05, 0.1) is 31.0 Å². The molecule has 0 bridgehead atoms. The van der Waals surface area contributed by atoms with E-state index in [-0.39, 0.29) is 12.0 Å². The Kier molecular flexibility index (Phi) is 6.55. The van der Waals surface area contributed by atoms with Crippen molar-refractivity contribution in [3.8, 4) is 11.5 Å². The summed E-state index contributed by atoms with van der Waals surface area (Å²) < 4.78 is 17.0. The van der Waals surface area contributed by atoms with Crippen molar-refractivity contribution in [3.63, 3.8) is 0 Å². The van der Waals surface area contributed by atoms with Crippen molar-refractivity contribution in [1.82, 2.24) is 4.90 Å². The Balaban J connectivity index is 1.65. The van der Waals surface area contributed by atoms with E-state index in [1.54, 1.807) is 14.0 Å². The Morgan fingerprint density at radius 2 is 1.91 bits per heavy atom. The molecule has 2 aliphatic heterocycles. The minimum Gasteiger partial charge on any atom is -0.493 e. The van der Waals surface area contributed by atoms with Crippen molar-refractivity contribution < 1.29 is 19.0 Å². The first kappa shape index (κ1) is 22.0. The number of methoxy groups -OCH3 is 1. The minimum absolute atomic E-state index is 0.304. The number of thioether (sulfide) groups is 1. The number of ether oxygens (including phenoxy) is 3. The number of carbonyl (C=O) groups excluding carboxylic acids is 1. The Morgan fingerprint density at radius 3 is 2.62 bits per heavy atom. The summed E-state index contributed by atoms with van der Waals surface area (Å²) in [6.07, 6.45) is 1.94. The molecule has 0 amide bonds. The first-order valence-electron chi connectivity index (χ1n) is 10.5. The maximum Gasteiger partial charge on any atom is 0.338 e. The highest BCUT2D eigenvalue weighted by molar-refractivity contribution is 8.16. The van der Waals surface area contributed by atoms with Crippen LogP contribution in [0.25, 0.3) is 0 Å². The van der Waals surface area contributed by atoms with Crippen LogP contribution in [0.3, 0.4) is 0 Å². The lowest BCUT2D eigenvalue weighted by molar-refractivity contribution is -0.139. The third-order valence-electron chi connectivity index (χ3n) is 5.33. The third kappa shape index (κ3) is 4.39. The summed E-state index contributed by atoms with van der Waals surface area (Å²) in [7, 11) is 1.62. The Hall–Kier alpha value is -3.19. The van der Waals surface area contributed by atoms with E-state index in [4.69, 9.17) is 14.2 Å². The van der Waals surface area contributed by atoms with Gasteiger partial charge in [-0.05, 0) is 49.4 Å². The first-order valence-corrected chi connectivity index (χ1v) is 11.3. The minimum atomic E-state index is -0.359. The zero-order valence-electron chi connectivity index (χ0n) is 18.6.